The molecule has 0 bridgehead atoms. The molecule has 0 N–H and O–H groups in total. The van der Waals surface area contributed by atoms with Crippen molar-refractivity contribution in [3.8, 4) is 107 Å². The highest BCUT2D eigenvalue weighted by Crippen LogP contribution is 2.48. The molecule has 0 saturated carbocycles. The number of para-hydroxylation sites is 2. The molecule has 0 atom stereocenters. The normalized spacial score (nSPS) is 11.3. The van der Waals surface area contributed by atoms with Crippen molar-refractivity contribution in [2.45, 2.75) is 0 Å². The fourth-order valence-electron chi connectivity index (χ4n) is 10.4. The molecule has 0 radical (unpaired) electrons. The lowest BCUT2D eigenvalue weighted by atomic mass is 9.90. The van der Waals surface area contributed by atoms with Crippen LogP contribution in [0.2, 0.25) is 0 Å². The van der Waals surface area contributed by atoms with Crippen molar-refractivity contribution < 1.29 is 0 Å². The Bertz CT molecular complexity index is 3800. The van der Waals surface area contributed by atoms with Gasteiger partial charge in [0.05, 0.1) is 16.7 Å². The van der Waals surface area contributed by atoms with E-state index < -0.39 is 0 Å². The van der Waals surface area contributed by atoms with E-state index in [1.807, 2.05) is 36.4 Å². The van der Waals surface area contributed by atoms with Crippen molar-refractivity contribution in [2.75, 3.05) is 0 Å². The van der Waals surface area contributed by atoms with Crippen molar-refractivity contribution >= 4 is 21.8 Å². The zero-order valence-corrected chi connectivity index (χ0v) is 39.8. The van der Waals surface area contributed by atoms with Gasteiger partial charge in [-0.1, -0.05) is 267 Å². The Balaban J connectivity index is 1.19. The lowest BCUT2D eigenvalue weighted by molar-refractivity contribution is 1.07. The number of rotatable bonds is 10. The van der Waals surface area contributed by atoms with Crippen molar-refractivity contribution in [1.29, 1.82) is 0 Å². The zero-order valence-electron chi connectivity index (χ0n) is 39.8. The van der Waals surface area contributed by atoms with Gasteiger partial charge in [-0.05, 0) is 56.6 Å². The molecule has 0 unspecified atom stereocenters. The summed E-state index contributed by atoms with van der Waals surface area (Å²) in [5.74, 6) is 1.80. The summed E-state index contributed by atoms with van der Waals surface area (Å²) in [5.41, 5.74) is 19.4. The minimum atomic E-state index is 0.584. The van der Waals surface area contributed by atoms with Gasteiger partial charge in [-0.25, -0.2) is 15.0 Å². The molecule has 73 heavy (non-hydrogen) atoms. The Morgan fingerprint density at radius 1 is 0.205 bits per heavy atom. The number of aromatic nitrogens is 4. The summed E-state index contributed by atoms with van der Waals surface area (Å²) in [6, 6.07) is 99.4. The maximum absolute atomic E-state index is 5.35. The minimum absolute atomic E-state index is 0.584. The molecule has 13 aromatic rings. The van der Waals surface area contributed by atoms with Gasteiger partial charge in [0.1, 0.15) is 0 Å². The van der Waals surface area contributed by atoms with E-state index in [0.29, 0.717) is 17.5 Å². The first-order valence-electron chi connectivity index (χ1n) is 24.8. The van der Waals surface area contributed by atoms with Crippen molar-refractivity contribution in [3.05, 3.63) is 279 Å². The van der Waals surface area contributed by atoms with Crippen LogP contribution in [0.4, 0.5) is 0 Å². The van der Waals surface area contributed by atoms with Crippen molar-refractivity contribution in [3.63, 3.8) is 0 Å². The SMILES string of the molecule is c1ccc(-c2ccc(-c3cc(-c4nc(-c5ccccc5)nc(-c5ccccc5)n4)cc(-c4ccc(-c5ccccc5)cc4)c3-n3c4c(-c5ccccc5)cccc4c4cccc(-c5ccccc5)c43)cc2)cc1. The maximum atomic E-state index is 5.35. The van der Waals surface area contributed by atoms with Crippen molar-refractivity contribution in [1.82, 2.24) is 19.5 Å². The first-order valence-corrected chi connectivity index (χ1v) is 24.8. The molecule has 2 heterocycles. The molecular weight excluding hydrogens is 885 g/mol. The number of fused-ring (bicyclic) bond motifs is 3. The summed E-state index contributed by atoms with van der Waals surface area (Å²) < 4.78 is 2.57. The molecule has 11 aromatic carbocycles. The molecule has 342 valence electrons. The lowest BCUT2D eigenvalue weighted by Crippen LogP contribution is -2.05. The fourth-order valence-corrected chi connectivity index (χ4v) is 10.4. The Kier molecular flexibility index (Phi) is 11.2. The molecule has 13 rings (SSSR count). The second kappa shape index (κ2) is 18.9. The average Bonchev–Trinajstić information content (AvgIpc) is 3.83. The Hall–Kier alpha value is -9.77. The van der Waals surface area contributed by atoms with Gasteiger partial charge >= 0.3 is 0 Å². The minimum Gasteiger partial charge on any atom is -0.307 e. The predicted molar refractivity (Wildman–Crippen MR) is 303 cm³/mol. The molecule has 0 spiro atoms. The second-order valence-electron chi connectivity index (χ2n) is 18.3. The highest BCUT2D eigenvalue weighted by molar-refractivity contribution is 6.18. The van der Waals surface area contributed by atoms with Crippen molar-refractivity contribution in [2.24, 2.45) is 0 Å². The molecule has 2 aromatic heterocycles. The summed E-state index contributed by atoms with van der Waals surface area (Å²) in [6.07, 6.45) is 0. The van der Waals surface area contributed by atoms with E-state index in [0.717, 1.165) is 100 Å². The van der Waals surface area contributed by atoms with Gasteiger partial charge in [-0.15, -0.1) is 0 Å². The van der Waals surface area contributed by atoms with Gasteiger partial charge in [0.2, 0.25) is 0 Å². The first kappa shape index (κ1) is 43.3. The Morgan fingerprint density at radius 2 is 0.479 bits per heavy atom. The summed E-state index contributed by atoms with van der Waals surface area (Å²) in [7, 11) is 0. The zero-order chi connectivity index (χ0) is 48.5. The van der Waals surface area contributed by atoms with Gasteiger partial charge in [0.15, 0.2) is 17.5 Å². The van der Waals surface area contributed by atoms with Crippen LogP contribution in [0.15, 0.2) is 279 Å². The standard InChI is InChI=1S/C69H46N4/c1-7-21-47(22-8-1)49-37-41-53(42-38-49)62-45-57(69-71-67(55-29-15-5-16-30-55)70-68(72-69)56-31-17-6-18-32-56)46-63(54-43-39-50(40-44-54)48-23-9-2-10-24-48)66(62)73-64-58(51-25-11-3-12-26-51)33-19-35-60(64)61-36-20-34-59(65(61)73)52-27-13-4-14-28-52/h1-46H. The first-order chi connectivity index (χ1) is 36.2. The van der Waals surface area contributed by atoms with E-state index in [1.165, 1.54) is 10.8 Å². The van der Waals surface area contributed by atoms with E-state index >= 15 is 0 Å². The molecule has 0 aliphatic carbocycles. The molecule has 0 aliphatic heterocycles. The number of hydrogen-bond acceptors (Lipinski definition) is 3. The Labute approximate surface area is 424 Å². The molecule has 4 heteroatoms. The molecule has 0 saturated heterocycles. The van der Waals surface area contributed by atoms with Crippen LogP contribution in [0.1, 0.15) is 0 Å². The van der Waals surface area contributed by atoms with Gasteiger partial charge in [0, 0.05) is 49.7 Å². The van der Waals surface area contributed by atoms with E-state index in [2.05, 4.69) is 247 Å². The topological polar surface area (TPSA) is 43.6 Å². The molecule has 0 fully saturated rings. The van der Waals surface area contributed by atoms with Crippen LogP contribution < -0.4 is 0 Å². The van der Waals surface area contributed by atoms with Crippen LogP contribution in [-0.2, 0) is 0 Å². The summed E-state index contributed by atoms with van der Waals surface area (Å²) in [5, 5.41) is 2.35. The lowest BCUT2D eigenvalue weighted by Gasteiger charge is -2.23. The summed E-state index contributed by atoms with van der Waals surface area (Å²) in [4.78, 5) is 15.8. The molecular formula is C69H46N4. The molecule has 4 nitrogen and oxygen atoms in total. The maximum Gasteiger partial charge on any atom is 0.164 e. The highest BCUT2D eigenvalue weighted by atomic mass is 15.0. The van der Waals surface area contributed by atoms with Crippen LogP contribution >= 0.6 is 0 Å². The second-order valence-corrected chi connectivity index (χ2v) is 18.3. The van der Waals surface area contributed by atoms with Gasteiger partial charge in [-0.2, -0.15) is 0 Å². The molecule has 0 aliphatic rings. The van der Waals surface area contributed by atoms with Crippen LogP contribution in [-0.4, -0.2) is 19.5 Å². The van der Waals surface area contributed by atoms with Crippen LogP contribution in [0.3, 0.4) is 0 Å². The van der Waals surface area contributed by atoms with Crippen LogP contribution in [0.5, 0.6) is 0 Å². The highest BCUT2D eigenvalue weighted by Gasteiger charge is 2.26. The van der Waals surface area contributed by atoms with Gasteiger partial charge in [0.25, 0.3) is 0 Å². The number of nitrogens with zero attached hydrogens (tertiary/aromatic N) is 4. The smallest absolute Gasteiger partial charge is 0.164 e. The largest absolute Gasteiger partial charge is 0.307 e. The van der Waals surface area contributed by atoms with E-state index in [-0.39, 0.29) is 0 Å². The Morgan fingerprint density at radius 3 is 0.836 bits per heavy atom. The van der Waals surface area contributed by atoms with E-state index in [4.69, 9.17) is 15.0 Å². The monoisotopic (exact) mass is 930 g/mol. The number of benzene rings is 11. The molecule has 0 amide bonds. The third-order valence-electron chi connectivity index (χ3n) is 13.9. The fraction of sp³-hybridized carbons (Fsp3) is 0. The predicted octanol–water partition coefficient (Wildman–Crippen LogP) is 18.0. The third-order valence-corrected chi connectivity index (χ3v) is 13.9. The summed E-state index contributed by atoms with van der Waals surface area (Å²) in [6.45, 7) is 0. The van der Waals surface area contributed by atoms with Gasteiger partial charge in [-0.3, -0.25) is 0 Å². The summed E-state index contributed by atoms with van der Waals surface area (Å²) >= 11 is 0. The van der Waals surface area contributed by atoms with E-state index in [1.54, 1.807) is 0 Å². The van der Waals surface area contributed by atoms with Gasteiger partial charge < -0.3 is 4.57 Å². The number of hydrogen-bond donors (Lipinski definition) is 0. The van der Waals surface area contributed by atoms with Crippen LogP contribution in [0, 0.1) is 0 Å². The quantitative estimate of drug-likeness (QED) is 0.137. The van der Waals surface area contributed by atoms with E-state index in [9.17, 15) is 0 Å². The van der Waals surface area contributed by atoms with Crippen LogP contribution in [0.25, 0.3) is 128 Å². The average molecular weight is 931 g/mol. The third kappa shape index (κ3) is 8.17.